The fourth-order valence-electron chi connectivity index (χ4n) is 4.27. The number of Topliss-reactive ketones (excluding diaryl/α,β-unsaturated/α-hetero) is 1. The third-order valence-corrected chi connectivity index (χ3v) is 7.05. The van der Waals surface area contributed by atoms with Crippen molar-refractivity contribution in [2.45, 2.75) is 57.0 Å². The van der Waals surface area contributed by atoms with E-state index in [-0.39, 0.29) is 62.1 Å². The number of nitrogens with one attached hydrogen (secondary N) is 1. The molecule has 0 aliphatic heterocycles. The number of rotatable bonds is 13. The van der Waals surface area contributed by atoms with Crippen LogP contribution in [0.25, 0.3) is 0 Å². The molecule has 1 atom stereocenters. The number of thioether (sulfide) groups is 1. The van der Waals surface area contributed by atoms with E-state index in [9.17, 15) is 28.0 Å². The van der Waals surface area contributed by atoms with Crippen molar-refractivity contribution in [1.82, 2.24) is 15.3 Å². The number of benzene rings is 2. The molecule has 0 unspecified atom stereocenters. The summed E-state index contributed by atoms with van der Waals surface area (Å²) >= 11 is 1.20. The number of halogens is 3. The number of hydrogen-bond acceptors (Lipinski definition) is 9. The van der Waals surface area contributed by atoms with Gasteiger partial charge in [-0.15, -0.1) is 11.8 Å². The van der Waals surface area contributed by atoms with Crippen LogP contribution in [0.5, 0.6) is 0 Å². The number of ether oxygens (including phenoxy) is 1. The minimum absolute atomic E-state index is 0. The summed E-state index contributed by atoms with van der Waals surface area (Å²) in [7, 11) is 1.58. The van der Waals surface area contributed by atoms with E-state index < -0.39 is 23.9 Å². The third kappa shape index (κ3) is 10.2. The molecule has 0 aliphatic carbocycles. The topological polar surface area (TPSA) is 134 Å². The van der Waals surface area contributed by atoms with E-state index in [0.717, 1.165) is 17.7 Å². The van der Waals surface area contributed by atoms with Crippen molar-refractivity contribution in [3.8, 4) is 6.07 Å². The lowest BCUT2D eigenvalue weighted by Gasteiger charge is -2.29. The molecule has 0 aliphatic rings. The first-order valence-corrected chi connectivity index (χ1v) is 14.2. The second-order valence-corrected chi connectivity index (χ2v) is 10.1. The fraction of sp³-hybridized carbons (Fsp3) is 0.367. The number of unbranched alkanes of at least 4 members (excludes halogenated alkanes) is 1. The number of aromatic nitrogens is 2. The molecule has 3 N–H and O–H groups in total. The van der Waals surface area contributed by atoms with Gasteiger partial charge in [-0.2, -0.15) is 23.4 Å². The van der Waals surface area contributed by atoms with E-state index in [2.05, 4.69) is 21.4 Å². The predicted molar refractivity (Wildman–Crippen MR) is 160 cm³/mol. The highest BCUT2D eigenvalue weighted by Gasteiger charge is 2.31. The average molecular weight is 617 g/mol. The number of likely N-dealkylation sites (N-methyl/N-ethyl adjacent to an activating group) is 1. The molecule has 1 amide bonds. The lowest BCUT2D eigenvalue weighted by atomic mass is 9.97. The lowest BCUT2D eigenvalue weighted by molar-refractivity contribution is -0.137. The van der Waals surface area contributed by atoms with Crippen molar-refractivity contribution in [2.24, 2.45) is 0 Å². The molecule has 0 bridgehead atoms. The number of alkyl halides is 3. The van der Waals surface area contributed by atoms with E-state index in [1.807, 2.05) is 30.3 Å². The first-order chi connectivity index (χ1) is 20.0. The number of ketones is 1. The Labute approximate surface area is 253 Å². The van der Waals surface area contributed by atoms with Gasteiger partial charge in [0.25, 0.3) is 0 Å². The van der Waals surface area contributed by atoms with Crippen molar-refractivity contribution >= 4 is 35.4 Å². The molecule has 3 aromatic rings. The van der Waals surface area contributed by atoms with Crippen LogP contribution in [-0.4, -0.2) is 47.7 Å². The van der Waals surface area contributed by atoms with E-state index in [4.69, 9.17) is 10.5 Å². The van der Waals surface area contributed by atoms with Gasteiger partial charge in [-0.25, -0.2) is 9.78 Å². The zero-order valence-electron chi connectivity index (χ0n) is 23.1. The standard InChI is InChI=1S/C29H31F3N6O3S.CH4/c1-38(25-22(17-33)26(42-2)37-27(34)36-25)23(24(39)16-20-11-8-12-21(15-20)29(30,31)32)13-6-7-14-35-28(40)41-18-19-9-4-3-5-10-19;/h3-5,8-12,15,23H,6-7,13-14,16,18H2,1-2H3,(H,35,40)(H2,34,36,37);1H4/t23-;/m0./s1. The van der Waals surface area contributed by atoms with Gasteiger partial charge in [0, 0.05) is 20.0 Å². The first-order valence-electron chi connectivity index (χ1n) is 13.0. The second-order valence-electron chi connectivity index (χ2n) is 9.35. The lowest BCUT2D eigenvalue weighted by Crippen LogP contribution is -2.41. The summed E-state index contributed by atoms with van der Waals surface area (Å²) in [5.74, 6) is -0.291. The summed E-state index contributed by atoms with van der Waals surface area (Å²) in [5, 5.41) is 12.8. The number of carbonyl (C=O) groups excluding carboxylic acids is 2. The van der Waals surface area contributed by atoms with Gasteiger partial charge >= 0.3 is 12.3 Å². The van der Waals surface area contributed by atoms with E-state index in [1.54, 1.807) is 13.3 Å². The zero-order valence-corrected chi connectivity index (χ0v) is 24.0. The molecule has 43 heavy (non-hydrogen) atoms. The van der Waals surface area contributed by atoms with E-state index >= 15 is 0 Å². The van der Waals surface area contributed by atoms with Crippen LogP contribution >= 0.6 is 11.8 Å². The number of alkyl carbamates (subject to hydrolysis) is 1. The Bertz CT molecular complexity index is 1420. The van der Waals surface area contributed by atoms with Crippen LogP contribution in [0.3, 0.4) is 0 Å². The van der Waals surface area contributed by atoms with Crippen LogP contribution < -0.4 is 16.0 Å². The molecule has 230 valence electrons. The maximum Gasteiger partial charge on any atom is 0.416 e. The number of nitrogen functional groups attached to an aromatic ring is 1. The summed E-state index contributed by atoms with van der Waals surface area (Å²) < 4.78 is 44.9. The molecule has 13 heteroatoms. The smallest absolute Gasteiger partial charge is 0.416 e. The van der Waals surface area contributed by atoms with Crippen LogP contribution in [0.2, 0.25) is 0 Å². The van der Waals surface area contributed by atoms with Gasteiger partial charge in [0.2, 0.25) is 5.95 Å². The Morgan fingerprint density at radius 3 is 2.47 bits per heavy atom. The first kappa shape index (κ1) is 34.9. The van der Waals surface area contributed by atoms with Crippen LogP contribution in [0.4, 0.5) is 29.7 Å². The Morgan fingerprint density at radius 2 is 1.81 bits per heavy atom. The number of hydrogen-bond donors (Lipinski definition) is 2. The Kier molecular flexibility index (Phi) is 13.3. The van der Waals surface area contributed by atoms with Crippen LogP contribution in [-0.2, 0) is 28.7 Å². The molecule has 0 radical (unpaired) electrons. The fourth-order valence-corrected chi connectivity index (χ4v) is 4.79. The SMILES string of the molecule is C.CSc1nc(N)nc(N(C)[C@@H](CCCCNC(=O)OCc2ccccc2)C(=O)Cc2cccc(C(F)(F)F)c2)c1C#N. The molecule has 0 saturated heterocycles. The zero-order chi connectivity index (χ0) is 30.7. The maximum absolute atomic E-state index is 13.5. The summed E-state index contributed by atoms with van der Waals surface area (Å²) in [4.78, 5) is 35.4. The molecule has 1 aromatic heterocycles. The number of amides is 1. The minimum Gasteiger partial charge on any atom is -0.445 e. The molecule has 0 fully saturated rings. The van der Waals surface area contributed by atoms with Gasteiger partial charge < -0.3 is 20.7 Å². The van der Waals surface area contributed by atoms with E-state index in [0.29, 0.717) is 17.9 Å². The van der Waals surface area contributed by atoms with Gasteiger partial charge in [0.15, 0.2) is 11.6 Å². The average Bonchev–Trinajstić information content (AvgIpc) is 2.97. The molecule has 1 heterocycles. The Balaban J connectivity index is 0.00000645. The van der Waals surface area contributed by atoms with Gasteiger partial charge in [0.05, 0.1) is 11.6 Å². The van der Waals surface area contributed by atoms with Gasteiger partial charge in [0.1, 0.15) is 23.3 Å². The normalized spacial score (nSPS) is 11.5. The number of nitrogens with zero attached hydrogens (tertiary/aromatic N) is 4. The molecule has 2 aromatic carbocycles. The van der Waals surface area contributed by atoms with Crippen molar-refractivity contribution in [1.29, 1.82) is 5.26 Å². The van der Waals surface area contributed by atoms with Crippen LogP contribution in [0.15, 0.2) is 59.6 Å². The summed E-state index contributed by atoms with van der Waals surface area (Å²) in [6.07, 6.45) is -2.42. The van der Waals surface area contributed by atoms with Gasteiger partial charge in [-0.1, -0.05) is 56.0 Å². The van der Waals surface area contributed by atoms with Gasteiger partial charge in [-0.3, -0.25) is 4.79 Å². The molecule has 3 rings (SSSR count). The maximum atomic E-state index is 13.5. The highest BCUT2D eigenvalue weighted by atomic mass is 32.2. The van der Waals surface area contributed by atoms with Gasteiger partial charge in [-0.05, 0) is 42.7 Å². The van der Waals surface area contributed by atoms with Crippen molar-refractivity contribution in [3.63, 3.8) is 0 Å². The summed E-state index contributed by atoms with van der Waals surface area (Å²) in [6, 6.07) is 15.1. The quantitative estimate of drug-likeness (QED) is 0.134. The third-order valence-electron chi connectivity index (χ3n) is 6.37. The summed E-state index contributed by atoms with van der Waals surface area (Å²) in [5.41, 5.74) is 6.22. The largest absolute Gasteiger partial charge is 0.445 e. The molecular weight excluding hydrogens is 581 g/mol. The van der Waals surface area contributed by atoms with Crippen molar-refractivity contribution < 1.29 is 27.5 Å². The number of anilines is 2. The Morgan fingerprint density at radius 1 is 1.12 bits per heavy atom. The van der Waals surface area contributed by atoms with Crippen LogP contribution in [0, 0.1) is 11.3 Å². The second kappa shape index (κ2) is 16.4. The van der Waals surface area contributed by atoms with E-state index in [1.165, 1.54) is 28.8 Å². The predicted octanol–water partition coefficient (Wildman–Crippen LogP) is 6.02. The molecule has 9 nitrogen and oxygen atoms in total. The van der Waals surface area contributed by atoms with Crippen molar-refractivity contribution in [2.75, 3.05) is 30.5 Å². The van der Waals surface area contributed by atoms with Crippen molar-refractivity contribution in [3.05, 3.63) is 76.9 Å². The Hall–Kier alpha value is -4.31. The van der Waals surface area contributed by atoms with Crippen LogP contribution in [0.1, 0.15) is 48.9 Å². The summed E-state index contributed by atoms with van der Waals surface area (Å²) in [6.45, 7) is 0.414. The number of nitriles is 1. The minimum atomic E-state index is -4.54. The molecular formula is C30H35F3N6O3S. The number of carbonyl (C=O) groups is 2. The highest BCUT2D eigenvalue weighted by molar-refractivity contribution is 7.98. The monoisotopic (exact) mass is 616 g/mol. The number of nitrogens with two attached hydrogens (primary N) is 1. The molecule has 0 spiro atoms. The highest BCUT2D eigenvalue weighted by Crippen LogP contribution is 2.31. The molecule has 0 saturated carbocycles.